The molecule has 1 saturated heterocycles. The van der Waals surface area contributed by atoms with E-state index in [4.69, 9.17) is 0 Å². The third-order valence-electron chi connectivity index (χ3n) is 6.27. The summed E-state index contributed by atoms with van der Waals surface area (Å²) in [5.41, 5.74) is 0.571. The Morgan fingerprint density at radius 3 is 2.72 bits per heavy atom. The van der Waals surface area contributed by atoms with Crippen LogP contribution >= 0.6 is 0 Å². The largest absolute Gasteiger partial charge is 0.501 e. The molecule has 2 aromatic rings. The van der Waals surface area contributed by atoms with Gasteiger partial charge in [-0.25, -0.2) is 9.37 Å². The number of nitrogens with zero attached hydrogens (tertiary/aromatic N) is 3. The number of aromatic nitrogens is 2. The van der Waals surface area contributed by atoms with Gasteiger partial charge in [-0.3, -0.25) is 14.2 Å². The molecule has 0 bridgehead atoms. The Labute approximate surface area is 168 Å². The minimum absolute atomic E-state index is 0.137. The van der Waals surface area contributed by atoms with Gasteiger partial charge in [0.05, 0.1) is 0 Å². The Hall–Kier alpha value is -2.90. The number of hydrogen-bond acceptors (Lipinski definition) is 5. The first-order chi connectivity index (χ1) is 13.8. The predicted molar refractivity (Wildman–Crippen MR) is 107 cm³/mol. The summed E-state index contributed by atoms with van der Waals surface area (Å²) in [6.45, 7) is 3.37. The van der Waals surface area contributed by atoms with Gasteiger partial charge in [0.15, 0.2) is 5.69 Å². The number of rotatable bonds is 4. The molecule has 2 heterocycles. The standard InChI is InChI=1S/C21H25FN4O3/c1-13-10-14(4-5-15(13)22)11-23-18(28)16-17(27)19(29)25(2)20(24-16)26-9-8-21(12-26)6-3-7-21/h4-5,10,27H,3,6-9,11-12H2,1-2H3,(H,23,28). The molecule has 1 spiro atoms. The fourth-order valence-corrected chi connectivity index (χ4v) is 4.29. The van der Waals surface area contributed by atoms with Gasteiger partial charge < -0.3 is 15.3 Å². The third-order valence-corrected chi connectivity index (χ3v) is 6.27. The molecule has 0 atom stereocenters. The van der Waals surface area contributed by atoms with Gasteiger partial charge in [-0.1, -0.05) is 18.6 Å². The zero-order valence-electron chi connectivity index (χ0n) is 16.7. The normalized spacial score (nSPS) is 17.4. The number of carbonyl (C=O) groups excluding carboxylic acids is 1. The topological polar surface area (TPSA) is 87.5 Å². The summed E-state index contributed by atoms with van der Waals surface area (Å²) in [6, 6.07) is 4.56. The lowest BCUT2D eigenvalue weighted by molar-refractivity contribution is 0.0942. The van der Waals surface area contributed by atoms with Crippen LogP contribution < -0.4 is 15.8 Å². The zero-order valence-corrected chi connectivity index (χ0v) is 16.7. The molecule has 2 aliphatic rings. The molecule has 0 unspecified atom stereocenters. The number of benzene rings is 1. The third kappa shape index (κ3) is 3.47. The summed E-state index contributed by atoms with van der Waals surface area (Å²) in [6.07, 6.45) is 4.64. The Balaban J connectivity index is 1.56. The van der Waals surface area contributed by atoms with Crippen molar-refractivity contribution in [3.05, 3.63) is 51.2 Å². The molecule has 4 rings (SSSR count). The number of hydrogen-bond donors (Lipinski definition) is 2. The number of aromatic hydroxyl groups is 1. The molecule has 2 fully saturated rings. The first kappa shape index (κ1) is 19.4. The van der Waals surface area contributed by atoms with Crippen molar-refractivity contribution >= 4 is 11.9 Å². The quantitative estimate of drug-likeness (QED) is 0.822. The zero-order chi connectivity index (χ0) is 20.8. The van der Waals surface area contributed by atoms with E-state index >= 15 is 0 Å². The minimum atomic E-state index is -0.665. The summed E-state index contributed by atoms with van der Waals surface area (Å²) >= 11 is 0. The number of anilines is 1. The molecule has 2 N–H and O–H groups in total. The van der Waals surface area contributed by atoms with Crippen molar-refractivity contribution in [2.75, 3.05) is 18.0 Å². The van der Waals surface area contributed by atoms with Crippen LogP contribution in [0.15, 0.2) is 23.0 Å². The first-order valence-electron chi connectivity index (χ1n) is 9.88. The summed E-state index contributed by atoms with van der Waals surface area (Å²) in [7, 11) is 1.55. The molecule has 154 valence electrons. The molecule has 1 saturated carbocycles. The number of amides is 1. The average Bonchev–Trinajstić information content (AvgIpc) is 3.13. The Bertz CT molecular complexity index is 1030. The highest BCUT2D eigenvalue weighted by Crippen LogP contribution is 2.48. The summed E-state index contributed by atoms with van der Waals surface area (Å²) in [5.74, 6) is -1.22. The fraction of sp³-hybridized carbons (Fsp3) is 0.476. The smallest absolute Gasteiger partial charge is 0.297 e. The van der Waals surface area contributed by atoms with Crippen LogP contribution in [0.25, 0.3) is 0 Å². The van der Waals surface area contributed by atoms with Crippen LogP contribution in [0.4, 0.5) is 10.3 Å². The van der Waals surface area contributed by atoms with E-state index in [1.54, 1.807) is 26.1 Å². The predicted octanol–water partition coefficient (Wildman–Crippen LogP) is 2.24. The van der Waals surface area contributed by atoms with Crippen LogP contribution in [0, 0.1) is 18.2 Å². The van der Waals surface area contributed by atoms with Gasteiger partial charge in [0.1, 0.15) is 5.82 Å². The Morgan fingerprint density at radius 1 is 1.34 bits per heavy atom. The van der Waals surface area contributed by atoms with E-state index in [0.717, 1.165) is 19.5 Å². The van der Waals surface area contributed by atoms with Crippen molar-refractivity contribution in [2.24, 2.45) is 12.5 Å². The molecule has 1 aromatic carbocycles. The van der Waals surface area contributed by atoms with E-state index in [0.29, 0.717) is 22.5 Å². The second kappa shape index (κ2) is 7.17. The van der Waals surface area contributed by atoms with E-state index in [1.807, 2.05) is 4.90 Å². The number of carbonyl (C=O) groups is 1. The summed E-state index contributed by atoms with van der Waals surface area (Å²) < 4.78 is 14.7. The number of nitrogens with one attached hydrogen (secondary N) is 1. The molecular weight excluding hydrogens is 375 g/mol. The van der Waals surface area contributed by atoms with Crippen molar-refractivity contribution < 1.29 is 14.3 Å². The van der Waals surface area contributed by atoms with Crippen LogP contribution in [-0.2, 0) is 13.6 Å². The van der Waals surface area contributed by atoms with Crippen molar-refractivity contribution in [1.29, 1.82) is 0 Å². The molecule has 7 nitrogen and oxygen atoms in total. The second-order valence-corrected chi connectivity index (χ2v) is 8.26. The highest BCUT2D eigenvalue weighted by molar-refractivity contribution is 5.95. The monoisotopic (exact) mass is 400 g/mol. The molecule has 29 heavy (non-hydrogen) atoms. The molecular formula is C21H25FN4O3. The maximum atomic E-state index is 13.4. The van der Waals surface area contributed by atoms with Crippen molar-refractivity contribution in [3.63, 3.8) is 0 Å². The van der Waals surface area contributed by atoms with E-state index in [-0.39, 0.29) is 18.1 Å². The minimum Gasteiger partial charge on any atom is -0.501 e. The highest BCUT2D eigenvalue weighted by Gasteiger charge is 2.43. The molecule has 8 heteroatoms. The van der Waals surface area contributed by atoms with E-state index < -0.39 is 17.2 Å². The molecule has 1 aromatic heterocycles. The lowest BCUT2D eigenvalue weighted by Crippen LogP contribution is -2.37. The van der Waals surface area contributed by atoms with Crippen LogP contribution in [0.3, 0.4) is 0 Å². The van der Waals surface area contributed by atoms with Gasteiger partial charge in [0.25, 0.3) is 11.5 Å². The van der Waals surface area contributed by atoms with E-state index in [9.17, 15) is 19.1 Å². The van der Waals surface area contributed by atoms with E-state index in [2.05, 4.69) is 10.3 Å². The first-order valence-corrected chi connectivity index (χ1v) is 9.88. The molecule has 0 radical (unpaired) electrons. The SMILES string of the molecule is Cc1cc(CNC(=O)c2nc(N3CCC4(CCC4)C3)n(C)c(=O)c2O)ccc1F. The second-order valence-electron chi connectivity index (χ2n) is 8.26. The van der Waals surface area contributed by atoms with Crippen LogP contribution in [0.1, 0.15) is 47.3 Å². The van der Waals surface area contributed by atoms with Crippen LogP contribution in [0.2, 0.25) is 0 Å². The van der Waals surface area contributed by atoms with Crippen LogP contribution in [0.5, 0.6) is 5.75 Å². The molecule has 1 amide bonds. The summed E-state index contributed by atoms with van der Waals surface area (Å²) in [5, 5.41) is 12.9. The number of halogens is 1. The fourth-order valence-electron chi connectivity index (χ4n) is 4.29. The lowest BCUT2D eigenvalue weighted by atomic mass is 9.68. The molecule has 1 aliphatic carbocycles. The van der Waals surface area contributed by atoms with Gasteiger partial charge in [-0.2, -0.15) is 0 Å². The van der Waals surface area contributed by atoms with Crippen molar-refractivity contribution in [3.8, 4) is 5.75 Å². The lowest BCUT2D eigenvalue weighted by Gasteiger charge is -2.38. The maximum Gasteiger partial charge on any atom is 0.297 e. The highest BCUT2D eigenvalue weighted by atomic mass is 19.1. The van der Waals surface area contributed by atoms with Crippen LogP contribution in [-0.4, -0.2) is 33.7 Å². The van der Waals surface area contributed by atoms with Gasteiger partial charge >= 0.3 is 0 Å². The van der Waals surface area contributed by atoms with Gasteiger partial charge in [-0.15, -0.1) is 0 Å². The van der Waals surface area contributed by atoms with Gasteiger partial charge in [-0.05, 0) is 48.8 Å². The number of aryl methyl sites for hydroxylation is 1. The van der Waals surface area contributed by atoms with Gasteiger partial charge in [0, 0.05) is 26.7 Å². The van der Waals surface area contributed by atoms with Gasteiger partial charge in [0.2, 0.25) is 11.7 Å². The van der Waals surface area contributed by atoms with E-state index in [1.165, 1.54) is 29.9 Å². The average molecular weight is 400 g/mol. The maximum absolute atomic E-state index is 13.4. The molecule has 1 aliphatic heterocycles. The van der Waals surface area contributed by atoms with Crippen molar-refractivity contribution in [2.45, 2.75) is 39.2 Å². The Kier molecular flexibility index (Phi) is 4.80. The summed E-state index contributed by atoms with van der Waals surface area (Å²) in [4.78, 5) is 31.5. The Morgan fingerprint density at radius 2 is 2.10 bits per heavy atom. The van der Waals surface area contributed by atoms with Crippen molar-refractivity contribution in [1.82, 2.24) is 14.9 Å².